The molecule has 1 amide bonds. The van der Waals surface area contributed by atoms with E-state index in [2.05, 4.69) is 76.6 Å². The van der Waals surface area contributed by atoms with Crippen molar-refractivity contribution in [3.05, 3.63) is 35.9 Å². The highest BCUT2D eigenvalue weighted by atomic mass is 127. The van der Waals surface area contributed by atoms with E-state index in [1.807, 2.05) is 13.8 Å². The normalized spacial score (nSPS) is 16.1. The van der Waals surface area contributed by atoms with Crippen molar-refractivity contribution >= 4 is 35.8 Å². The number of halogens is 1. The molecular formula is C24H43IN6O. The smallest absolute Gasteiger partial charge is 0.234 e. The van der Waals surface area contributed by atoms with E-state index in [-0.39, 0.29) is 35.9 Å². The topological polar surface area (TPSA) is 63.2 Å². The zero-order valence-corrected chi connectivity index (χ0v) is 22.8. The summed E-state index contributed by atoms with van der Waals surface area (Å²) < 4.78 is 0. The monoisotopic (exact) mass is 558 g/mol. The van der Waals surface area contributed by atoms with Crippen molar-refractivity contribution in [3.63, 3.8) is 0 Å². The second-order valence-electron chi connectivity index (χ2n) is 8.76. The van der Waals surface area contributed by atoms with E-state index in [0.717, 1.165) is 58.2 Å². The highest BCUT2D eigenvalue weighted by molar-refractivity contribution is 14.0. The third-order valence-corrected chi connectivity index (χ3v) is 5.66. The summed E-state index contributed by atoms with van der Waals surface area (Å²) in [5, 5.41) is 6.41. The summed E-state index contributed by atoms with van der Waals surface area (Å²) in [4.78, 5) is 23.8. The van der Waals surface area contributed by atoms with E-state index >= 15 is 0 Å². The zero-order valence-electron chi connectivity index (χ0n) is 20.5. The first-order valence-corrected chi connectivity index (χ1v) is 11.7. The van der Waals surface area contributed by atoms with Gasteiger partial charge in [0.05, 0.1) is 6.54 Å². The molecule has 0 aliphatic carbocycles. The van der Waals surface area contributed by atoms with Crippen molar-refractivity contribution in [1.82, 2.24) is 25.3 Å². The molecule has 2 rings (SSSR count). The van der Waals surface area contributed by atoms with E-state index in [1.165, 1.54) is 5.56 Å². The van der Waals surface area contributed by atoms with E-state index in [0.29, 0.717) is 12.6 Å². The van der Waals surface area contributed by atoms with Crippen LogP contribution in [0.25, 0.3) is 0 Å². The standard InChI is InChI=1S/C24H42N6O.HI/c1-6-25-24(30-16-14-29(15-17-30)19-23(31)27-20(2)3)26-13-12-21(4)28(5)18-22-10-8-7-9-11-22;/h7-11,20-21H,6,12-19H2,1-5H3,(H,25,26)(H,27,31);1H. The fraction of sp³-hybridized carbons (Fsp3) is 0.667. The van der Waals surface area contributed by atoms with Crippen molar-refractivity contribution < 1.29 is 4.79 Å². The number of carbonyl (C=O) groups is 1. The number of piperazine rings is 1. The molecule has 0 saturated carbocycles. The largest absolute Gasteiger partial charge is 0.357 e. The number of carbonyl (C=O) groups excluding carboxylic acids is 1. The molecule has 182 valence electrons. The predicted molar refractivity (Wildman–Crippen MR) is 145 cm³/mol. The van der Waals surface area contributed by atoms with Gasteiger partial charge in [-0.25, -0.2) is 0 Å². The van der Waals surface area contributed by atoms with Gasteiger partial charge in [0.1, 0.15) is 0 Å². The van der Waals surface area contributed by atoms with Crippen LogP contribution in [0, 0.1) is 0 Å². The Balaban J connectivity index is 0.00000512. The van der Waals surface area contributed by atoms with E-state index in [1.54, 1.807) is 0 Å². The number of nitrogens with zero attached hydrogens (tertiary/aromatic N) is 4. The van der Waals surface area contributed by atoms with Gasteiger partial charge in [-0.15, -0.1) is 24.0 Å². The third-order valence-electron chi connectivity index (χ3n) is 5.66. The number of aliphatic imine (C=N–C) groups is 1. The van der Waals surface area contributed by atoms with Crippen LogP contribution in [-0.4, -0.2) is 91.5 Å². The Morgan fingerprint density at radius 1 is 1.12 bits per heavy atom. The van der Waals surface area contributed by atoms with Gasteiger partial charge >= 0.3 is 0 Å². The summed E-state index contributed by atoms with van der Waals surface area (Å²) >= 11 is 0. The maximum Gasteiger partial charge on any atom is 0.234 e. The summed E-state index contributed by atoms with van der Waals surface area (Å²) in [7, 11) is 2.18. The van der Waals surface area contributed by atoms with Gasteiger partial charge in [-0.05, 0) is 46.7 Å². The number of hydrogen-bond acceptors (Lipinski definition) is 4. The number of nitrogens with one attached hydrogen (secondary N) is 2. The fourth-order valence-corrected chi connectivity index (χ4v) is 3.72. The minimum Gasteiger partial charge on any atom is -0.357 e. The molecule has 1 aromatic carbocycles. The molecule has 2 N–H and O–H groups in total. The number of hydrogen-bond donors (Lipinski definition) is 2. The second-order valence-corrected chi connectivity index (χ2v) is 8.76. The summed E-state index contributed by atoms with van der Waals surface area (Å²) in [5.74, 6) is 1.10. The van der Waals surface area contributed by atoms with Gasteiger partial charge in [-0.2, -0.15) is 0 Å². The average molecular weight is 559 g/mol. The highest BCUT2D eigenvalue weighted by Crippen LogP contribution is 2.09. The van der Waals surface area contributed by atoms with Crippen LogP contribution in [-0.2, 0) is 11.3 Å². The lowest BCUT2D eigenvalue weighted by molar-refractivity contribution is -0.123. The molecule has 1 unspecified atom stereocenters. The quantitative estimate of drug-likeness (QED) is 0.263. The van der Waals surface area contributed by atoms with Crippen LogP contribution in [0.3, 0.4) is 0 Å². The van der Waals surface area contributed by atoms with Crippen LogP contribution >= 0.6 is 24.0 Å². The number of guanidine groups is 1. The van der Waals surface area contributed by atoms with Gasteiger partial charge in [-0.3, -0.25) is 19.6 Å². The molecule has 1 atom stereocenters. The molecule has 1 aliphatic heterocycles. The van der Waals surface area contributed by atoms with Crippen molar-refractivity contribution in [1.29, 1.82) is 0 Å². The highest BCUT2D eigenvalue weighted by Gasteiger charge is 2.21. The maximum absolute atomic E-state index is 12.0. The number of amides is 1. The Morgan fingerprint density at radius 3 is 2.38 bits per heavy atom. The SMILES string of the molecule is CCNC(=NCCC(C)N(C)Cc1ccccc1)N1CCN(CC(=O)NC(C)C)CC1.I. The minimum absolute atomic E-state index is 0. The molecule has 32 heavy (non-hydrogen) atoms. The lowest BCUT2D eigenvalue weighted by Crippen LogP contribution is -2.54. The first kappa shape index (κ1) is 28.6. The first-order valence-electron chi connectivity index (χ1n) is 11.7. The third kappa shape index (κ3) is 10.5. The average Bonchev–Trinajstić information content (AvgIpc) is 2.73. The molecular weight excluding hydrogens is 515 g/mol. The Kier molecular flexibility index (Phi) is 13.8. The Labute approximate surface area is 212 Å². The molecule has 1 heterocycles. The molecule has 1 saturated heterocycles. The van der Waals surface area contributed by atoms with E-state index in [4.69, 9.17) is 4.99 Å². The van der Waals surface area contributed by atoms with Gasteiger partial charge in [0, 0.05) is 57.9 Å². The molecule has 1 fully saturated rings. The van der Waals surface area contributed by atoms with Gasteiger partial charge in [0.2, 0.25) is 5.91 Å². The Hall–Kier alpha value is -1.39. The summed E-state index contributed by atoms with van der Waals surface area (Å²) in [6.45, 7) is 15.0. The lowest BCUT2D eigenvalue weighted by Gasteiger charge is -2.36. The Bertz CT molecular complexity index is 676. The lowest BCUT2D eigenvalue weighted by atomic mass is 10.1. The Morgan fingerprint density at radius 2 is 1.78 bits per heavy atom. The van der Waals surface area contributed by atoms with Crippen LogP contribution in [0.1, 0.15) is 39.7 Å². The number of rotatable bonds is 10. The molecule has 1 aliphatic rings. The van der Waals surface area contributed by atoms with Gasteiger partial charge in [-0.1, -0.05) is 30.3 Å². The molecule has 0 radical (unpaired) electrons. The summed E-state index contributed by atoms with van der Waals surface area (Å²) in [6.07, 6.45) is 1.02. The van der Waals surface area contributed by atoms with Crippen molar-refractivity contribution in [2.45, 2.75) is 52.7 Å². The van der Waals surface area contributed by atoms with Crippen LogP contribution < -0.4 is 10.6 Å². The molecule has 8 heteroatoms. The van der Waals surface area contributed by atoms with E-state index < -0.39 is 0 Å². The van der Waals surface area contributed by atoms with Crippen LogP contribution in [0.4, 0.5) is 0 Å². The predicted octanol–water partition coefficient (Wildman–Crippen LogP) is 2.62. The summed E-state index contributed by atoms with van der Waals surface area (Å²) in [5.41, 5.74) is 1.34. The van der Waals surface area contributed by atoms with E-state index in [9.17, 15) is 4.79 Å². The minimum atomic E-state index is 0. The maximum atomic E-state index is 12.0. The van der Waals surface area contributed by atoms with Crippen molar-refractivity contribution in [2.24, 2.45) is 4.99 Å². The van der Waals surface area contributed by atoms with Crippen LogP contribution in [0.2, 0.25) is 0 Å². The molecule has 1 aromatic rings. The first-order chi connectivity index (χ1) is 14.9. The molecule has 7 nitrogen and oxygen atoms in total. The zero-order chi connectivity index (χ0) is 22.6. The van der Waals surface area contributed by atoms with Gasteiger partial charge in [0.15, 0.2) is 5.96 Å². The second kappa shape index (κ2) is 15.4. The number of benzene rings is 1. The van der Waals surface area contributed by atoms with Crippen LogP contribution in [0.5, 0.6) is 0 Å². The molecule has 0 bridgehead atoms. The van der Waals surface area contributed by atoms with Gasteiger partial charge < -0.3 is 15.5 Å². The summed E-state index contributed by atoms with van der Waals surface area (Å²) in [6, 6.07) is 11.3. The molecule has 0 aromatic heterocycles. The fourth-order valence-electron chi connectivity index (χ4n) is 3.72. The van der Waals surface area contributed by atoms with Gasteiger partial charge in [0.25, 0.3) is 0 Å². The van der Waals surface area contributed by atoms with Crippen molar-refractivity contribution in [2.75, 3.05) is 52.9 Å². The molecule has 0 spiro atoms. The van der Waals surface area contributed by atoms with Crippen molar-refractivity contribution in [3.8, 4) is 0 Å². The van der Waals surface area contributed by atoms with Crippen LogP contribution in [0.15, 0.2) is 35.3 Å².